The van der Waals surface area contributed by atoms with Crippen molar-refractivity contribution in [1.82, 2.24) is 35.0 Å². The lowest BCUT2D eigenvalue weighted by Crippen LogP contribution is -2.41. The van der Waals surface area contributed by atoms with Gasteiger partial charge in [0, 0.05) is 45.3 Å². The van der Waals surface area contributed by atoms with E-state index < -0.39 is 0 Å². The monoisotopic (exact) mass is 401 g/mol. The van der Waals surface area contributed by atoms with Gasteiger partial charge in [-0.1, -0.05) is 0 Å². The summed E-state index contributed by atoms with van der Waals surface area (Å²) in [6, 6.07) is 3.37. The lowest BCUT2D eigenvalue weighted by atomic mass is 10.1. The standard InChI is InChI=1S/C19H27N7O3/c1-12(2)21-19(29)25-8-7-13(10-25)17-23-22-15-6-5-14(11-26(15)17)18(28)20-9-16(27)24(3)4/h5-6,11-13H,7-10H2,1-4H3,(H,20,28)(H,21,29). The number of aromatic nitrogens is 3. The SMILES string of the molecule is CC(C)NC(=O)N1CCC(c2nnc3ccc(C(=O)NCC(=O)N(C)C)cn23)C1. The number of nitrogens with one attached hydrogen (secondary N) is 2. The molecule has 2 aromatic rings. The molecule has 1 atom stereocenters. The second-order valence-electron chi connectivity index (χ2n) is 7.71. The first-order valence-corrected chi connectivity index (χ1v) is 9.64. The van der Waals surface area contributed by atoms with Crippen LogP contribution in [-0.4, -0.2) is 82.0 Å². The first-order valence-electron chi connectivity index (χ1n) is 9.64. The molecule has 0 aromatic carbocycles. The van der Waals surface area contributed by atoms with Gasteiger partial charge in [-0.3, -0.25) is 14.0 Å². The molecule has 0 bridgehead atoms. The highest BCUT2D eigenvalue weighted by atomic mass is 16.2. The van der Waals surface area contributed by atoms with E-state index in [0.717, 1.165) is 12.2 Å². The predicted octanol–water partition coefficient (Wildman–Crippen LogP) is 0.455. The van der Waals surface area contributed by atoms with Crippen LogP contribution in [0.3, 0.4) is 0 Å². The Labute approximate surface area is 169 Å². The Bertz CT molecular complexity index is 922. The van der Waals surface area contributed by atoms with Gasteiger partial charge in [0.05, 0.1) is 12.1 Å². The summed E-state index contributed by atoms with van der Waals surface area (Å²) in [7, 11) is 3.27. The van der Waals surface area contributed by atoms with Crippen LogP contribution in [0.1, 0.15) is 42.4 Å². The van der Waals surface area contributed by atoms with Crippen molar-refractivity contribution in [3.63, 3.8) is 0 Å². The van der Waals surface area contributed by atoms with Crippen LogP contribution in [0.15, 0.2) is 18.3 Å². The van der Waals surface area contributed by atoms with Crippen LogP contribution in [0.5, 0.6) is 0 Å². The van der Waals surface area contributed by atoms with E-state index in [9.17, 15) is 14.4 Å². The smallest absolute Gasteiger partial charge is 0.317 e. The molecule has 1 unspecified atom stereocenters. The molecule has 3 heterocycles. The Morgan fingerprint density at radius 1 is 1.24 bits per heavy atom. The molecule has 1 aliphatic heterocycles. The summed E-state index contributed by atoms with van der Waals surface area (Å²) in [5, 5.41) is 14.0. The number of likely N-dealkylation sites (N-methyl/N-ethyl adjacent to an activating group) is 1. The minimum absolute atomic E-state index is 0.0385. The molecule has 1 aliphatic rings. The summed E-state index contributed by atoms with van der Waals surface area (Å²) in [6.45, 7) is 4.98. The van der Waals surface area contributed by atoms with Crippen molar-refractivity contribution in [1.29, 1.82) is 0 Å². The topological polar surface area (TPSA) is 112 Å². The van der Waals surface area contributed by atoms with Gasteiger partial charge in [-0.25, -0.2) is 4.79 Å². The average molecular weight is 401 g/mol. The van der Waals surface area contributed by atoms with Crippen LogP contribution in [0.4, 0.5) is 4.79 Å². The lowest BCUT2D eigenvalue weighted by Gasteiger charge is -2.18. The lowest BCUT2D eigenvalue weighted by molar-refractivity contribution is -0.127. The van der Waals surface area contributed by atoms with E-state index in [0.29, 0.717) is 24.3 Å². The number of fused-ring (bicyclic) bond motifs is 1. The Hall–Kier alpha value is -3.17. The molecule has 4 amide bonds. The Balaban J connectivity index is 1.74. The van der Waals surface area contributed by atoms with E-state index in [1.807, 2.05) is 13.8 Å². The molecule has 2 aromatic heterocycles. The summed E-state index contributed by atoms with van der Waals surface area (Å²) in [5.74, 6) is 0.233. The van der Waals surface area contributed by atoms with Crippen LogP contribution in [0.2, 0.25) is 0 Å². The first-order chi connectivity index (χ1) is 13.8. The van der Waals surface area contributed by atoms with Crippen molar-refractivity contribution in [2.45, 2.75) is 32.2 Å². The molecule has 0 radical (unpaired) electrons. The van der Waals surface area contributed by atoms with Crippen LogP contribution in [0, 0.1) is 0 Å². The first kappa shape index (κ1) is 20.6. The number of urea groups is 1. The zero-order chi connectivity index (χ0) is 21.1. The quantitative estimate of drug-likeness (QED) is 0.756. The zero-order valence-corrected chi connectivity index (χ0v) is 17.2. The highest BCUT2D eigenvalue weighted by molar-refractivity contribution is 5.96. The summed E-state index contributed by atoms with van der Waals surface area (Å²) < 4.78 is 1.79. The van der Waals surface area contributed by atoms with Gasteiger partial charge in [0.2, 0.25) is 5.91 Å². The van der Waals surface area contributed by atoms with Gasteiger partial charge in [-0.05, 0) is 32.4 Å². The highest BCUT2D eigenvalue weighted by Crippen LogP contribution is 2.26. The van der Waals surface area contributed by atoms with Gasteiger partial charge in [-0.15, -0.1) is 10.2 Å². The molecular weight excluding hydrogens is 374 g/mol. The summed E-state index contributed by atoms with van der Waals surface area (Å²) in [4.78, 5) is 39.5. The summed E-state index contributed by atoms with van der Waals surface area (Å²) in [5.41, 5.74) is 1.04. The van der Waals surface area contributed by atoms with E-state index >= 15 is 0 Å². The Morgan fingerprint density at radius 3 is 2.69 bits per heavy atom. The van der Waals surface area contributed by atoms with Crippen LogP contribution in [-0.2, 0) is 4.79 Å². The van der Waals surface area contributed by atoms with Crippen molar-refractivity contribution in [3.05, 3.63) is 29.7 Å². The van der Waals surface area contributed by atoms with Crippen LogP contribution >= 0.6 is 0 Å². The minimum atomic E-state index is -0.342. The maximum absolute atomic E-state index is 12.4. The van der Waals surface area contributed by atoms with E-state index in [1.165, 1.54) is 4.90 Å². The van der Waals surface area contributed by atoms with E-state index in [1.54, 1.807) is 41.7 Å². The van der Waals surface area contributed by atoms with Crippen molar-refractivity contribution in [2.24, 2.45) is 0 Å². The Kier molecular flexibility index (Phi) is 6.00. The number of carbonyl (C=O) groups excluding carboxylic acids is 3. The molecule has 1 fully saturated rings. The van der Waals surface area contributed by atoms with Crippen molar-refractivity contribution >= 4 is 23.5 Å². The number of amides is 4. The third-order valence-corrected chi connectivity index (χ3v) is 4.84. The van der Waals surface area contributed by atoms with Crippen molar-refractivity contribution in [2.75, 3.05) is 33.7 Å². The zero-order valence-electron chi connectivity index (χ0n) is 17.2. The number of rotatable bonds is 5. The fourth-order valence-electron chi connectivity index (χ4n) is 3.23. The van der Waals surface area contributed by atoms with E-state index in [2.05, 4.69) is 20.8 Å². The largest absolute Gasteiger partial charge is 0.347 e. The fraction of sp³-hybridized carbons (Fsp3) is 0.526. The van der Waals surface area contributed by atoms with Gasteiger partial charge >= 0.3 is 6.03 Å². The molecular formula is C19H27N7O3. The number of carbonyl (C=O) groups is 3. The normalized spacial score (nSPS) is 16.3. The number of hydrogen-bond donors (Lipinski definition) is 2. The van der Waals surface area contributed by atoms with Crippen molar-refractivity contribution < 1.29 is 14.4 Å². The molecule has 1 saturated heterocycles. The van der Waals surface area contributed by atoms with Crippen molar-refractivity contribution in [3.8, 4) is 0 Å². The van der Waals surface area contributed by atoms with Gasteiger partial charge < -0.3 is 20.4 Å². The van der Waals surface area contributed by atoms with Gasteiger partial charge in [0.25, 0.3) is 5.91 Å². The van der Waals surface area contributed by atoms with E-state index in [-0.39, 0.29) is 36.3 Å². The third kappa shape index (κ3) is 4.64. The minimum Gasteiger partial charge on any atom is -0.347 e. The molecule has 2 N–H and O–H groups in total. The maximum Gasteiger partial charge on any atom is 0.317 e. The molecule has 156 valence electrons. The second kappa shape index (κ2) is 8.46. The highest BCUT2D eigenvalue weighted by Gasteiger charge is 2.30. The van der Waals surface area contributed by atoms with Gasteiger partial charge in [-0.2, -0.15) is 0 Å². The summed E-state index contributed by atoms with van der Waals surface area (Å²) >= 11 is 0. The van der Waals surface area contributed by atoms with E-state index in [4.69, 9.17) is 0 Å². The van der Waals surface area contributed by atoms with Crippen LogP contribution in [0.25, 0.3) is 5.65 Å². The number of pyridine rings is 1. The molecule has 0 spiro atoms. The predicted molar refractivity (Wildman–Crippen MR) is 107 cm³/mol. The Morgan fingerprint density at radius 2 is 2.00 bits per heavy atom. The molecule has 3 rings (SSSR count). The molecule has 29 heavy (non-hydrogen) atoms. The molecule has 0 saturated carbocycles. The number of likely N-dealkylation sites (tertiary alicyclic amines) is 1. The second-order valence-corrected chi connectivity index (χ2v) is 7.71. The number of nitrogens with zero attached hydrogens (tertiary/aromatic N) is 5. The van der Waals surface area contributed by atoms with Crippen LogP contribution < -0.4 is 10.6 Å². The summed E-state index contributed by atoms with van der Waals surface area (Å²) in [6.07, 6.45) is 2.46. The molecule has 10 nitrogen and oxygen atoms in total. The average Bonchev–Trinajstić information content (AvgIpc) is 3.31. The maximum atomic E-state index is 12.4. The molecule has 0 aliphatic carbocycles. The van der Waals surface area contributed by atoms with Gasteiger partial charge in [0.15, 0.2) is 5.65 Å². The molecule has 10 heteroatoms. The fourth-order valence-corrected chi connectivity index (χ4v) is 3.23. The number of hydrogen-bond acceptors (Lipinski definition) is 5. The third-order valence-electron chi connectivity index (χ3n) is 4.84. The van der Waals surface area contributed by atoms with Gasteiger partial charge in [0.1, 0.15) is 5.82 Å².